The summed E-state index contributed by atoms with van der Waals surface area (Å²) in [4.78, 5) is 48.4. The van der Waals surface area contributed by atoms with Crippen LogP contribution < -0.4 is 21.3 Å². The Balaban J connectivity index is 1.52. The first-order valence-electron chi connectivity index (χ1n) is 21.5. The topological polar surface area (TPSA) is 473 Å². The van der Waals surface area contributed by atoms with Crippen molar-refractivity contribution in [3.63, 3.8) is 0 Å². The fourth-order valence-electron chi connectivity index (χ4n) is 8.15. The third-order valence-electron chi connectivity index (χ3n) is 11.6. The molecule has 0 bridgehead atoms. The van der Waals surface area contributed by atoms with E-state index in [0.717, 1.165) is 27.7 Å². The molecule has 0 unspecified atom stereocenters. The van der Waals surface area contributed by atoms with Crippen molar-refractivity contribution >= 4 is 23.6 Å². The molecule has 18 N–H and O–H groups in total. The minimum Gasteiger partial charge on any atom is -0.394 e. The summed E-state index contributed by atoms with van der Waals surface area (Å²) >= 11 is 0. The zero-order chi connectivity index (χ0) is 50.9. The number of hydrogen-bond donors (Lipinski definition) is 18. The number of ether oxygens (including phenoxy) is 8. The van der Waals surface area contributed by atoms with Gasteiger partial charge in [-0.25, -0.2) is 0 Å². The van der Waals surface area contributed by atoms with Gasteiger partial charge in [-0.1, -0.05) is 0 Å². The standard InChI is InChI=1S/C38H66N4O26/c1-11(48)39-15(5-43)32(66-36-21(40-12(2)49)27(56)25(54)17(6-44)62-36)24(53)16(52)10-61-35-23(42-14(4)51)29(58)33(19(8-46)64-35)68-38-31(60)30(59)34(20(9-47)65-38)67-37-22(41-13(3)50)28(57)26(55)18(7-45)63-37/h15-38,43-47,52-60H,5-10H2,1-4H3,(H,39,48)(H,40,49)(H,41,50)(H,42,51)/t15-,16+,17+,18+,19+,20+,21+,22+,23+,24-,25+,26+,27+,28+,29+,30+,31+,32+,33+,34-,35+,36-,37+,38-/m0/s1. The Morgan fingerprint density at radius 3 is 1.37 bits per heavy atom. The monoisotopic (exact) mass is 994 g/mol. The molecule has 4 aliphatic heterocycles. The highest BCUT2D eigenvalue weighted by molar-refractivity contribution is 5.74. The van der Waals surface area contributed by atoms with Gasteiger partial charge < -0.3 is 131 Å². The maximum absolute atomic E-state index is 12.4. The van der Waals surface area contributed by atoms with Crippen LogP contribution >= 0.6 is 0 Å². The Morgan fingerprint density at radius 2 is 0.912 bits per heavy atom. The van der Waals surface area contributed by atoms with E-state index in [1.807, 2.05) is 0 Å². The maximum Gasteiger partial charge on any atom is 0.217 e. The van der Waals surface area contributed by atoms with Crippen molar-refractivity contribution in [3.05, 3.63) is 0 Å². The molecule has 0 aliphatic carbocycles. The summed E-state index contributed by atoms with van der Waals surface area (Å²) in [5, 5.41) is 159. The highest BCUT2D eigenvalue weighted by Gasteiger charge is 2.55. The van der Waals surface area contributed by atoms with Crippen molar-refractivity contribution in [2.24, 2.45) is 0 Å². The zero-order valence-corrected chi connectivity index (χ0v) is 37.3. The number of hydrogen-bond acceptors (Lipinski definition) is 26. The van der Waals surface area contributed by atoms with Gasteiger partial charge >= 0.3 is 0 Å². The number of amides is 4. The molecule has 4 rings (SSSR count). The molecule has 394 valence electrons. The van der Waals surface area contributed by atoms with Crippen molar-refractivity contribution in [1.29, 1.82) is 0 Å². The number of aliphatic hydroxyl groups excluding tert-OH is 14. The molecule has 30 heteroatoms. The van der Waals surface area contributed by atoms with Crippen molar-refractivity contribution < 1.29 is 129 Å². The van der Waals surface area contributed by atoms with E-state index in [1.54, 1.807) is 0 Å². The third kappa shape index (κ3) is 13.9. The van der Waals surface area contributed by atoms with Gasteiger partial charge in [0.2, 0.25) is 23.6 Å². The summed E-state index contributed by atoms with van der Waals surface area (Å²) in [6, 6.07) is -6.30. The van der Waals surface area contributed by atoms with Crippen LogP contribution in [0.1, 0.15) is 27.7 Å². The van der Waals surface area contributed by atoms with Crippen molar-refractivity contribution in [2.75, 3.05) is 39.6 Å². The van der Waals surface area contributed by atoms with Gasteiger partial charge in [-0.3, -0.25) is 19.2 Å². The van der Waals surface area contributed by atoms with E-state index in [0.29, 0.717) is 0 Å². The summed E-state index contributed by atoms with van der Waals surface area (Å²) < 4.78 is 45.7. The average Bonchev–Trinajstić information content (AvgIpc) is 3.28. The second-order valence-corrected chi connectivity index (χ2v) is 16.7. The Hall–Kier alpha value is -3.00. The van der Waals surface area contributed by atoms with E-state index in [-0.39, 0.29) is 0 Å². The molecular weight excluding hydrogens is 928 g/mol. The second-order valence-electron chi connectivity index (χ2n) is 16.7. The molecule has 4 heterocycles. The van der Waals surface area contributed by atoms with E-state index in [1.165, 1.54) is 0 Å². The normalized spacial score (nSPS) is 40.6. The fourth-order valence-corrected chi connectivity index (χ4v) is 8.15. The first kappa shape index (κ1) is 57.6. The lowest BCUT2D eigenvalue weighted by atomic mass is 9.94. The molecule has 4 amide bonds. The Bertz CT molecular complexity index is 1620. The number of carbonyl (C=O) groups excluding carboxylic acids is 4. The molecule has 4 fully saturated rings. The number of aliphatic hydroxyl groups is 14. The minimum atomic E-state index is -2.19. The largest absolute Gasteiger partial charge is 0.394 e. The van der Waals surface area contributed by atoms with Crippen LogP contribution in [0.15, 0.2) is 0 Å². The molecule has 0 spiro atoms. The smallest absolute Gasteiger partial charge is 0.217 e. The van der Waals surface area contributed by atoms with Crippen molar-refractivity contribution in [1.82, 2.24) is 21.3 Å². The van der Waals surface area contributed by atoms with Crippen molar-refractivity contribution in [2.45, 2.75) is 175 Å². The van der Waals surface area contributed by atoms with Gasteiger partial charge in [-0.05, 0) is 0 Å². The Kier molecular flexibility index (Phi) is 21.9. The maximum atomic E-state index is 12.4. The lowest BCUT2D eigenvalue weighted by Crippen LogP contribution is -2.69. The first-order chi connectivity index (χ1) is 32.0. The van der Waals surface area contributed by atoms with Gasteiger partial charge in [0.15, 0.2) is 25.2 Å². The molecular formula is C38H66N4O26. The van der Waals surface area contributed by atoms with Gasteiger partial charge in [0, 0.05) is 27.7 Å². The highest BCUT2D eigenvalue weighted by Crippen LogP contribution is 2.33. The molecule has 30 nitrogen and oxygen atoms in total. The van der Waals surface area contributed by atoms with Crippen LogP contribution in [-0.2, 0) is 57.1 Å². The molecule has 4 aliphatic rings. The molecule has 4 saturated heterocycles. The van der Waals surface area contributed by atoms with E-state index >= 15 is 0 Å². The lowest BCUT2D eigenvalue weighted by Gasteiger charge is -2.49. The van der Waals surface area contributed by atoms with E-state index in [4.69, 9.17) is 37.9 Å². The quantitative estimate of drug-likeness (QED) is 0.0508. The van der Waals surface area contributed by atoms with Gasteiger partial charge in [-0.2, -0.15) is 0 Å². The van der Waals surface area contributed by atoms with Crippen LogP contribution in [0.3, 0.4) is 0 Å². The molecule has 24 atom stereocenters. The van der Waals surface area contributed by atoms with Crippen molar-refractivity contribution in [3.8, 4) is 0 Å². The fraction of sp³-hybridized carbons (Fsp3) is 0.895. The predicted octanol–water partition coefficient (Wildman–Crippen LogP) is -11.7. The van der Waals surface area contributed by atoms with Crippen LogP contribution in [-0.4, -0.2) is 282 Å². The van der Waals surface area contributed by atoms with Gasteiger partial charge in [0.05, 0.1) is 45.7 Å². The molecule has 0 saturated carbocycles. The summed E-state index contributed by atoms with van der Waals surface area (Å²) in [6.45, 7) is -1.37. The van der Waals surface area contributed by atoms with Gasteiger partial charge in [0.1, 0.15) is 116 Å². The number of carbonyl (C=O) groups is 4. The van der Waals surface area contributed by atoms with Crippen LogP contribution in [0.5, 0.6) is 0 Å². The van der Waals surface area contributed by atoms with Crippen LogP contribution in [0.4, 0.5) is 0 Å². The minimum absolute atomic E-state index is 0.708. The van der Waals surface area contributed by atoms with Gasteiger partial charge in [0.25, 0.3) is 0 Å². The molecule has 0 radical (unpaired) electrons. The molecule has 0 aromatic heterocycles. The highest BCUT2D eigenvalue weighted by atomic mass is 16.8. The Morgan fingerprint density at radius 1 is 0.500 bits per heavy atom. The lowest BCUT2D eigenvalue weighted by molar-refractivity contribution is -0.368. The van der Waals surface area contributed by atoms with Crippen LogP contribution in [0, 0.1) is 0 Å². The van der Waals surface area contributed by atoms with Crippen LogP contribution in [0.25, 0.3) is 0 Å². The van der Waals surface area contributed by atoms with Crippen LogP contribution in [0.2, 0.25) is 0 Å². The number of rotatable bonds is 21. The summed E-state index contributed by atoms with van der Waals surface area (Å²) in [6.07, 6.45) is -36.4. The van der Waals surface area contributed by atoms with Gasteiger partial charge in [-0.15, -0.1) is 0 Å². The second kappa shape index (κ2) is 25.9. The summed E-state index contributed by atoms with van der Waals surface area (Å²) in [5.74, 6) is -3.02. The molecule has 0 aromatic rings. The van der Waals surface area contributed by atoms with E-state index in [9.17, 15) is 90.7 Å². The molecule has 0 aromatic carbocycles. The first-order valence-corrected chi connectivity index (χ1v) is 21.5. The molecule has 68 heavy (non-hydrogen) atoms. The predicted molar refractivity (Wildman–Crippen MR) is 215 cm³/mol. The summed E-state index contributed by atoms with van der Waals surface area (Å²) in [5.41, 5.74) is 0. The summed E-state index contributed by atoms with van der Waals surface area (Å²) in [7, 11) is 0. The zero-order valence-electron chi connectivity index (χ0n) is 37.3. The Labute approximate surface area is 387 Å². The number of nitrogens with one attached hydrogen (secondary N) is 4. The van der Waals surface area contributed by atoms with E-state index in [2.05, 4.69) is 21.3 Å². The average molecular weight is 995 g/mol. The SMILES string of the molecule is CC(=O)N[C@H]1[C@H](OC[C@@H](O)[C@H](O)[C@H](O[C@@H]2O[C@H](CO)[C@@H](O)[C@H](O)[C@H]2NC(C)=O)[C@H](CO)NC(C)=O)O[C@H](CO)[C@@H](O[C@@H]2O[C@H](CO)[C@H](O[C@H]3O[C@H](CO)[C@@H](O)[C@H](O)[C@H]3NC(C)=O)[C@H](O)[C@H]2O)[C@@H]1O. The van der Waals surface area contributed by atoms with E-state index < -0.39 is 210 Å². The third-order valence-corrected chi connectivity index (χ3v) is 11.6.